The van der Waals surface area contributed by atoms with E-state index in [0.29, 0.717) is 0 Å². The van der Waals surface area contributed by atoms with Gasteiger partial charge in [-0.05, 0) is 0 Å². The van der Waals surface area contributed by atoms with E-state index in [-0.39, 0.29) is 46.5 Å². The van der Waals surface area contributed by atoms with Gasteiger partial charge in [0.25, 0.3) is 0 Å². The van der Waals surface area contributed by atoms with Crippen molar-refractivity contribution in [3.05, 3.63) is 47.6 Å². The molecule has 0 saturated carbocycles. The standard InChI is InChI=1S/C11H10.2ClH.Ti/c1-2-6-10(5-1)9-11-7-3-4-8-11;;;/h1,3,5,7H,2,4,9H2;2*1H;/q-2;;;+4/p-2. The van der Waals surface area contributed by atoms with E-state index in [0.717, 1.165) is 19.3 Å². The Morgan fingerprint density at radius 1 is 0.929 bits per heavy atom. The van der Waals surface area contributed by atoms with Crippen LogP contribution in [0.1, 0.15) is 19.3 Å². The quantitative estimate of drug-likeness (QED) is 0.362. The fourth-order valence-corrected chi connectivity index (χ4v) is 1.35. The van der Waals surface area contributed by atoms with E-state index in [2.05, 4.69) is 36.5 Å². The Morgan fingerprint density at radius 2 is 1.36 bits per heavy atom. The summed E-state index contributed by atoms with van der Waals surface area (Å²) in [7, 11) is 0. The van der Waals surface area contributed by atoms with Crippen LogP contribution in [0, 0.1) is 12.2 Å². The Labute approximate surface area is 113 Å². The second kappa shape index (κ2) is 8.55. The zero-order chi connectivity index (χ0) is 7.52. The van der Waals surface area contributed by atoms with Crippen molar-refractivity contribution in [3.63, 3.8) is 0 Å². The van der Waals surface area contributed by atoms with Crippen molar-refractivity contribution in [3.8, 4) is 0 Å². The zero-order valence-corrected chi connectivity index (χ0v) is 10.8. The molecule has 0 nitrogen and oxygen atoms in total. The molecule has 2 rings (SSSR count). The van der Waals surface area contributed by atoms with Crippen LogP contribution in [0.3, 0.4) is 0 Å². The Balaban J connectivity index is 0. The summed E-state index contributed by atoms with van der Waals surface area (Å²) in [5.41, 5.74) is 2.64. The fraction of sp³-hybridized carbons (Fsp3) is 0.273. The van der Waals surface area contributed by atoms with Crippen LogP contribution in [0.25, 0.3) is 0 Å². The molecule has 2 aliphatic rings. The van der Waals surface area contributed by atoms with Gasteiger partial charge in [-0.3, -0.25) is 12.2 Å². The first kappa shape index (κ1) is 16.7. The molecule has 0 spiro atoms. The maximum Gasteiger partial charge on any atom is 4.00 e. The number of rotatable bonds is 2. The average Bonchev–Trinajstić information content (AvgIpc) is 2.60. The Bertz CT molecular complexity index is 247. The first-order valence-corrected chi connectivity index (χ1v) is 3.97. The van der Waals surface area contributed by atoms with Crippen LogP contribution in [0.15, 0.2) is 35.5 Å². The van der Waals surface area contributed by atoms with E-state index in [1.807, 2.05) is 0 Å². The van der Waals surface area contributed by atoms with E-state index in [1.165, 1.54) is 11.1 Å². The molecule has 0 atom stereocenters. The van der Waals surface area contributed by atoms with Gasteiger partial charge in [0.05, 0.1) is 0 Å². The van der Waals surface area contributed by atoms with Crippen LogP contribution >= 0.6 is 0 Å². The molecule has 0 fully saturated rings. The van der Waals surface area contributed by atoms with E-state index in [9.17, 15) is 0 Å². The topological polar surface area (TPSA) is 0 Å². The summed E-state index contributed by atoms with van der Waals surface area (Å²) in [6.45, 7) is 0. The maximum atomic E-state index is 3.29. The number of hydrogen-bond acceptors (Lipinski definition) is 0. The van der Waals surface area contributed by atoms with Crippen molar-refractivity contribution in [1.29, 1.82) is 0 Å². The van der Waals surface area contributed by atoms with Crippen LogP contribution in [-0.2, 0) is 21.7 Å². The third kappa shape index (κ3) is 4.66. The third-order valence-corrected chi connectivity index (χ3v) is 1.91. The molecule has 0 bridgehead atoms. The Kier molecular flexibility index (Phi) is 10.2. The van der Waals surface area contributed by atoms with E-state index < -0.39 is 0 Å². The molecule has 0 unspecified atom stereocenters. The monoisotopic (exact) mass is 260 g/mol. The normalized spacial score (nSPS) is 16.3. The third-order valence-electron chi connectivity index (χ3n) is 1.91. The summed E-state index contributed by atoms with van der Waals surface area (Å²) >= 11 is 0. The molecule has 2 aliphatic carbocycles. The summed E-state index contributed by atoms with van der Waals surface area (Å²) in [4.78, 5) is 0. The minimum Gasteiger partial charge on any atom is -1.00 e. The van der Waals surface area contributed by atoms with Gasteiger partial charge in [0, 0.05) is 0 Å². The Morgan fingerprint density at radius 3 is 1.64 bits per heavy atom. The number of allylic oxidation sites excluding steroid dienone is 8. The molecule has 0 aromatic heterocycles. The van der Waals surface area contributed by atoms with Gasteiger partial charge < -0.3 is 24.8 Å². The molecule has 0 aliphatic heterocycles. The van der Waals surface area contributed by atoms with Crippen LogP contribution in [0.5, 0.6) is 0 Å². The number of hydrogen-bond donors (Lipinski definition) is 0. The molecule has 0 heterocycles. The molecule has 0 aromatic rings. The second-order valence-electron chi connectivity index (χ2n) is 2.79. The van der Waals surface area contributed by atoms with E-state index in [4.69, 9.17) is 0 Å². The largest absolute Gasteiger partial charge is 4.00 e. The first-order valence-electron chi connectivity index (χ1n) is 3.97. The smallest absolute Gasteiger partial charge is 1.00 e. The molecule has 0 saturated heterocycles. The molecule has 72 valence electrons. The van der Waals surface area contributed by atoms with Crippen molar-refractivity contribution in [2.75, 3.05) is 0 Å². The predicted molar refractivity (Wildman–Crippen MR) is 45.6 cm³/mol. The zero-order valence-electron chi connectivity index (χ0n) is 7.69. The van der Waals surface area contributed by atoms with Crippen LogP contribution < -0.4 is 24.8 Å². The molecular formula is C11H10Cl2Ti. The van der Waals surface area contributed by atoms with Crippen LogP contribution in [0.2, 0.25) is 0 Å². The van der Waals surface area contributed by atoms with Crippen molar-refractivity contribution in [2.45, 2.75) is 19.3 Å². The molecule has 0 amide bonds. The molecule has 3 heteroatoms. The summed E-state index contributed by atoms with van der Waals surface area (Å²) in [5, 5.41) is 0. The van der Waals surface area contributed by atoms with Gasteiger partial charge in [-0.2, -0.15) is 12.2 Å². The molecular weight excluding hydrogens is 251 g/mol. The molecule has 0 aromatic carbocycles. The average molecular weight is 261 g/mol. The fourth-order valence-electron chi connectivity index (χ4n) is 1.35. The Hall–Kier alpha value is 0.254. The summed E-state index contributed by atoms with van der Waals surface area (Å²) in [6, 6.07) is 0. The summed E-state index contributed by atoms with van der Waals surface area (Å²) in [6.07, 6.45) is 18.2. The van der Waals surface area contributed by atoms with Gasteiger partial charge in [0.2, 0.25) is 0 Å². The molecule has 0 N–H and O–H groups in total. The number of halogens is 2. The second-order valence-corrected chi connectivity index (χ2v) is 2.79. The minimum atomic E-state index is 0. The maximum absolute atomic E-state index is 3.29. The molecule has 14 heavy (non-hydrogen) atoms. The van der Waals surface area contributed by atoms with Gasteiger partial charge in [0.15, 0.2) is 0 Å². The SMILES string of the molecule is [C-]1=C(CC2=[C-]CC=C2)C=CC1.[Cl-].[Cl-].[Ti+4]. The van der Waals surface area contributed by atoms with Crippen LogP contribution in [0.4, 0.5) is 0 Å². The molecule has 0 radical (unpaired) electrons. The predicted octanol–water partition coefficient (Wildman–Crippen LogP) is -3.24. The summed E-state index contributed by atoms with van der Waals surface area (Å²) in [5.74, 6) is 0. The van der Waals surface area contributed by atoms with Crippen molar-refractivity contribution in [1.82, 2.24) is 0 Å². The van der Waals surface area contributed by atoms with E-state index >= 15 is 0 Å². The van der Waals surface area contributed by atoms with Gasteiger partial charge in [-0.1, -0.05) is 6.42 Å². The van der Waals surface area contributed by atoms with E-state index in [1.54, 1.807) is 0 Å². The van der Waals surface area contributed by atoms with Crippen LogP contribution in [-0.4, -0.2) is 0 Å². The van der Waals surface area contributed by atoms with Gasteiger partial charge >= 0.3 is 21.7 Å². The van der Waals surface area contributed by atoms with Gasteiger partial charge in [-0.15, -0.1) is 12.8 Å². The van der Waals surface area contributed by atoms with Gasteiger partial charge in [0.1, 0.15) is 0 Å². The minimum absolute atomic E-state index is 0. The summed E-state index contributed by atoms with van der Waals surface area (Å²) < 4.78 is 0. The van der Waals surface area contributed by atoms with Crippen molar-refractivity contribution in [2.24, 2.45) is 0 Å². The van der Waals surface area contributed by atoms with Crippen molar-refractivity contribution < 1.29 is 46.5 Å². The van der Waals surface area contributed by atoms with Gasteiger partial charge in [-0.25, -0.2) is 23.3 Å². The first-order chi connectivity index (χ1) is 5.45. The van der Waals surface area contributed by atoms with Crippen molar-refractivity contribution >= 4 is 0 Å².